The average Bonchev–Trinajstić information content (AvgIpc) is 3.31. The molecule has 2 heterocycles. The SMILES string of the molecule is CC(NC(=O)c1ccco1)C(=O)N1CCCC1CCc1ccccc1. The first-order valence-corrected chi connectivity index (χ1v) is 8.84. The highest BCUT2D eigenvalue weighted by atomic mass is 16.3. The third-order valence-corrected chi connectivity index (χ3v) is 4.73. The fourth-order valence-corrected chi connectivity index (χ4v) is 3.39. The van der Waals surface area contributed by atoms with Crippen LogP contribution in [0.25, 0.3) is 0 Å². The standard InChI is InChI=1S/C20H24N2O3/c1-15(21-19(23)18-10-6-14-25-18)20(24)22-13-5-9-17(22)12-11-16-7-3-2-4-8-16/h2-4,6-8,10,14-15,17H,5,9,11-13H2,1H3,(H,21,23). The molecule has 1 fully saturated rings. The van der Waals surface area contributed by atoms with Gasteiger partial charge in [-0.05, 0) is 50.3 Å². The highest BCUT2D eigenvalue weighted by Crippen LogP contribution is 2.22. The molecule has 1 aromatic heterocycles. The summed E-state index contributed by atoms with van der Waals surface area (Å²) in [4.78, 5) is 26.7. The molecule has 2 aromatic rings. The van der Waals surface area contributed by atoms with E-state index in [2.05, 4.69) is 17.4 Å². The summed E-state index contributed by atoms with van der Waals surface area (Å²) in [7, 11) is 0. The van der Waals surface area contributed by atoms with Gasteiger partial charge in [0, 0.05) is 12.6 Å². The second-order valence-electron chi connectivity index (χ2n) is 6.52. The van der Waals surface area contributed by atoms with E-state index in [0.29, 0.717) is 0 Å². The molecule has 25 heavy (non-hydrogen) atoms. The molecule has 0 saturated carbocycles. The molecule has 1 aromatic carbocycles. The molecule has 2 unspecified atom stereocenters. The van der Waals surface area contributed by atoms with Gasteiger partial charge < -0.3 is 14.6 Å². The first-order valence-electron chi connectivity index (χ1n) is 8.84. The zero-order valence-corrected chi connectivity index (χ0v) is 14.5. The molecule has 1 N–H and O–H groups in total. The van der Waals surface area contributed by atoms with E-state index in [1.165, 1.54) is 11.8 Å². The van der Waals surface area contributed by atoms with Crippen molar-refractivity contribution in [2.24, 2.45) is 0 Å². The van der Waals surface area contributed by atoms with Crippen molar-refractivity contribution in [2.45, 2.75) is 44.7 Å². The molecule has 132 valence electrons. The van der Waals surface area contributed by atoms with Crippen molar-refractivity contribution in [2.75, 3.05) is 6.54 Å². The van der Waals surface area contributed by atoms with Crippen LogP contribution in [0.15, 0.2) is 53.1 Å². The van der Waals surface area contributed by atoms with E-state index < -0.39 is 6.04 Å². The van der Waals surface area contributed by atoms with E-state index >= 15 is 0 Å². The Hall–Kier alpha value is -2.56. The van der Waals surface area contributed by atoms with Gasteiger partial charge in [-0.2, -0.15) is 0 Å². The Labute approximate surface area is 148 Å². The van der Waals surface area contributed by atoms with Gasteiger partial charge >= 0.3 is 0 Å². The molecular formula is C20H24N2O3. The number of rotatable bonds is 6. The van der Waals surface area contributed by atoms with Crippen LogP contribution in [0.1, 0.15) is 42.3 Å². The first-order chi connectivity index (χ1) is 12.1. The molecule has 0 aliphatic carbocycles. The summed E-state index contributed by atoms with van der Waals surface area (Å²) in [5, 5.41) is 2.73. The number of furan rings is 1. The predicted molar refractivity (Wildman–Crippen MR) is 95.1 cm³/mol. The van der Waals surface area contributed by atoms with Crippen molar-refractivity contribution in [1.29, 1.82) is 0 Å². The van der Waals surface area contributed by atoms with E-state index in [4.69, 9.17) is 4.42 Å². The lowest BCUT2D eigenvalue weighted by atomic mass is 10.0. The summed E-state index contributed by atoms with van der Waals surface area (Å²) >= 11 is 0. The Morgan fingerprint density at radius 2 is 2.04 bits per heavy atom. The van der Waals surface area contributed by atoms with Gasteiger partial charge in [-0.25, -0.2) is 0 Å². The second-order valence-corrected chi connectivity index (χ2v) is 6.52. The molecule has 2 amide bonds. The fourth-order valence-electron chi connectivity index (χ4n) is 3.39. The molecule has 1 saturated heterocycles. The smallest absolute Gasteiger partial charge is 0.287 e. The maximum absolute atomic E-state index is 12.8. The van der Waals surface area contributed by atoms with Crippen LogP contribution < -0.4 is 5.32 Å². The van der Waals surface area contributed by atoms with Crippen LogP contribution in [-0.4, -0.2) is 35.3 Å². The van der Waals surface area contributed by atoms with Crippen LogP contribution in [0, 0.1) is 0 Å². The van der Waals surface area contributed by atoms with Gasteiger partial charge in [0.1, 0.15) is 6.04 Å². The number of amides is 2. The number of hydrogen-bond donors (Lipinski definition) is 1. The summed E-state index contributed by atoms with van der Waals surface area (Å²) in [6.45, 7) is 2.50. The molecule has 5 nitrogen and oxygen atoms in total. The summed E-state index contributed by atoms with van der Waals surface area (Å²) in [6.07, 6.45) is 5.40. The van der Waals surface area contributed by atoms with Gasteiger partial charge in [0.15, 0.2) is 5.76 Å². The van der Waals surface area contributed by atoms with Crippen molar-refractivity contribution in [1.82, 2.24) is 10.2 Å². The summed E-state index contributed by atoms with van der Waals surface area (Å²) in [5.41, 5.74) is 1.29. The Morgan fingerprint density at radius 3 is 2.76 bits per heavy atom. The number of carbonyl (C=O) groups is 2. The molecular weight excluding hydrogens is 316 g/mol. The number of carbonyl (C=O) groups excluding carboxylic acids is 2. The van der Waals surface area contributed by atoms with Crippen molar-refractivity contribution < 1.29 is 14.0 Å². The molecule has 3 rings (SSSR count). The Kier molecular flexibility index (Phi) is 5.53. The minimum atomic E-state index is -0.560. The molecule has 5 heteroatoms. The number of nitrogens with one attached hydrogen (secondary N) is 1. The second kappa shape index (κ2) is 8.01. The monoisotopic (exact) mass is 340 g/mol. The van der Waals surface area contributed by atoms with Gasteiger partial charge in [-0.1, -0.05) is 30.3 Å². The Bertz CT molecular complexity index is 697. The van der Waals surface area contributed by atoms with Crippen LogP contribution in [0.2, 0.25) is 0 Å². The van der Waals surface area contributed by atoms with Gasteiger partial charge in [0.2, 0.25) is 5.91 Å². The highest BCUT2D eigenvalue weighted by molar-refractivity contribution is 5.95. The van der Waals surface area contributed by atoms with Crippen LogP contribution >= 0.6 is 0 Å². The van der Waals surface area contributed by atoms with E-state index in [1.807, 2.05) is 23.1 Å². The Morgan fingerprint density at radius 1 is 1.24 bits per heavy atom. The van der Waals surface area contributed by atoms with Gasteiger partial charge in [-0.15, -0.1) is 0 Å². The van der Waals surface area contributed by atoms with Crippen LogP contribution in [-0.2, 0) is 11.2 Å². The normalized spacial score (nSPS) is 18.1. The molecule has 1 aliphatic heterocycles. The maximum Gasteiger partial charge on any atom is 0.287 e. The lowest BCUT2D eigenvalue weighted by molar-refractivity contribution is -0.133. The average molecular weight is 340 g/mol. The van der Waals surface area contributed by atoms with Crippen molar-refractivity contribution >= 4 is 11.8 Å². The third-order valence-electron chi connectivity index (χ3n) is 4.73. The molecule has 2 atom stereocenters. The van der Waals surface area contributed by atoms with Gasteiger partial charge in [-0.3, -0.25) is 9.59 Å². The minimum Gasteiger partial charge on any atom is -0.459 e. The quantitative estimate of drug-likeness (QED) is 0.879. The Balaban J connectivity index is 1.55. The summed E-state index contributed by atoms with van der Waals surface area (Å²) in [6, 6.07) is 13.3. The largest absolute Gasteiger partial charge is 0.459 e. The lowest BCUT2D eigenvalue weighted by Gasteiger charge is -2.28. The van der Waals surface area contributed by atoms with E-state index in [9.17, 15) is 9.59 Å². The summed E-state index contributed by atoms with van der Waals surface area (Å²) < 4.78 is 5.07. The number of likely N-dealkylation sites (tertiary alicyclic amines) is 1. The van der Waals surface area contributed by atoms with Crippen molar-refractivity contribution in [3.63, 3.8) is 0 Å². The van der Waals surface area contributed by atoms with E-state index in [-0.39, 0.29) is 23.6 Å². The van der Waals surface area contributed by atoms with Gasteiger partial charge in [0.25, 0.3) is 5.91 Å². The van der Waals surface area contributed by atoms with Crippen molar-refractivity contribution in [3.05, 3.63) is 60.1 Å². The zero-order valence-electron chi connectivity index (χ0n) is 14.5. The van der Waals surface area contributed by atoms with Crippen molar-refractivity contribution in [3.8, 4) is 0 Å². The first kappa shape index (κ1) is 17.3. The molecule has 1 aliphatic rings. The predicted octanol–water partition coefficient (Wildman–Crippen LogP) is 3.02. The van der Waals surface area contributed by atoms with Crippen LogP contribution in [0.5, 0.6) is 0 Å². The minimum absolute atomic E-state index is 0.0181. The zero-order chi connectivity index (χ0) is 17.6. The number of aryl methyl sites for hydroxylation is 1. The number of nitrogens with zero attached hydrogens (tertiary/aromatic N) is 1. The lowest BCUT2D eigenvalue weighted by Crippen LogP contribution is -2.48. The van der Waals surface area contributed by atoms with Crippen LogP contribution in [0.4, 0.5) is 0 Å². The molecule has 0 radical (unpaired) electrons. The van der Waals surface area contributed by atoms with Crippen LogP contribution in [0.3, 0.4) is 0 Å². The fraction of sp³-hybridized carbons (Fsp3) is 0.400. The topological polar surface area (TPSA) is 62.6 Å². The number of hydrogen-bond acceptors (Lipinski definition) is 3. The third kappa shape index (κ3) is 4.29. The number of benzene rings is 1. The molecule has 0 spiro atoms. The molecule has 0 bridgehead atoms. The maximum atomic E-state index is 12.8. The van der Waals surface area contributed by atoms with Gasteiger partial charge in [0.05, 0.1) is 6.26 Å². The highest BCUT2D eigenvalue weighted by Gasteiger charge is 2.31. The van der Waals surface area contributed by atoms with E-state index in [1.54, 1.807) is 19.1 Å². The van der Waals surface area contributed by atoms with E-state index in [0.717, 1.165) is 32.2 Å². The summed E-state index contributed by atoms with van der Waals surface area (Å²) in [5.74, 6) is -0.150.